The van der Waals surface area contributed by atoms with Gasteiger partial charge in [0, 0.05) is 29.3 Å². The molecule has 5 rings (SSSR count). The molecular formula is C31H35NO7. The molecule has 1 aliphatic heterocycles. The van der Waals surface area contributed by atoms with Crippen LogP contribution in [0.25, 0.3) is 0 Å². The Morgan fingerprint density at radius 3 is 2.26 bits per heavy atom. The molecule has 0 saturated heterocycles. The Hall–Kier alpha value is -3.94. The van der Waals surface area contributed by atoms with E-state index in [1.807, 2.05) is 25.1 Å². The molecule has 2 N–H and O–H groups in total. The average Bonchev–Trinajstić information content (AvgIpc) is 3.45. The SMILES string of the molecule is COc1cc([C@@H]2C(C(=O)OC3CCCC3)=C(C)NC3=C2C(=O)C[C@H](c2ccc(OC)c(OC)c2)C3)ccc1O. The van der Waals surface area contributed by atoms with Crippen LogP contribution in [-0.2, 0) is 14.3 Å². The van der Waals surface area contributed by atoms with E-state index in [0.717, 1.165) is 36.9 Å². The maximum atomic E-state index is 13.9. The van der Waals surface area contributed by atoms with Crippen molar-refractivity contribution in [2.45, 2.75) is 63.4 Å². The first kappa shape index (κ1) is 26.7. The number of rotatable bonds is 7. The number of phenolic OH excluding ortho intramolecular Hbond substituents is 1. The van der Waals surface area contributed by atoms with Gasteiger partial charge < -0.3 is 29.4 Å². The standard InChI is InChI=1S/C31H35NO7/c1-17-28(31(35)39-21-7-5-6-8-21)29(19-9-11-23(33)26(16-19)37-3)30-22(32-17)13-20(14-24(30)34)18-10-12-25(36-2)27(15-18)38-4/h9-12,15-16,20-21,29,32-33H,5-8,13-14H2,1-4H3/t20-,29-/m1/s1. The van der Waals surface area contributed by atoms with Crippen molar-refractivity contribution in [2.75, 3.05) is 21.3 Å². The highest BCUT2D eigenvalue weighted by atomic mass is 16.5. The van der Waals surface area contributed by atoms with Gasteiger partial charge in [-0.1, -0.05) is 12.1 Å². The maximum absolute atomic E-state index is 13.9. The summed E-state index contributed by atoms with van der Waals surface area (Å²) < 4.78 is 22.2. The van der Waals surface area contributed by atoms with Gasteiger partial charge in [0.25, 0.3) is 0 Å². The number of hydrogen-bond donors (Lipinski definition) is 2. The smallest absolute Gasteiger partial charge is 0.337 e. The summed E-state index contributed by atoms with van der Waals surface area (Å²) in [5.41, 5.74) is 4.10. The van der Waals surface area contributed by atoms with E-state index < -0.39 is 11.9 Å². The maximum Gasteiger partial charge on any atom is 0.337 e. The van der Waals surface area contributed by atoms with Crippen molar-refractivity contribution in [3.8, 4) is 23.0 Å². The summed E-state index contributed by atoms with van der Waals surface area (Å²) >= 11 is 0. The fourth-order valence-corrected chi connectivity index (χ4v) is 6.08. The summed E-state index contributed by atoms with van der Waals surface area (Å²) in [4.78, 5) is 27.5. The summed E-state index contributed by atoms with van der Waals surface area (Å²) in [5.74, 6) is 0.349. The lowest BCUT2D eigenvalue weighted by Gasteiger charge is -2.37. The Kier molecular flexibility index (Phi) is 7.55. The summed E-state index contributed by atoms with van der Waals surface area (Å²) in [5, 5.41) is 13.6. The number of methoxy groups -OCH3 is 3. The Balaban J connectivity index is 1.55. The number of hydrogen-bond acceptors (Lipinski definition) is 8. The zero-order valence-corrected chi connectivity index (χ0v) is 22.8. The molecule has 1 saturated carbocycles. The molecule has 2 aliphatic carbocycles. The van der Waals surface area contributed by atoms with E-state index in [9.17, 15) is 14.7 Å². The molecule has 0 aromatic heterocycles. The number of ketones is 1. The minimum atomic E-state index is -0.636. The number of carbonyl (C=O) groups excluding carboxylic acids is 2. The van der Waals surface area contributed by atoms with Gasteiger partial charge in [0.15, 0.2) is 28.8 Å². The largest absolute Gasteiger partial charge is 0.504 e. The van der Waals surface area contributed by atoms with E-state index in [-0.39, 0.29) is 35.7 Å². The topological polar surface area (TPSA) is 103 Å². The molecule has 0 spiro atoms. The number of benzene rings is 2. The normalized spacial score (nSPS) is 21.4. The monoisotopic (exact) mass is 533 g/mol. The van der Waals surface area contributed by atoms with Crippen LogP contribution in [0.3, 0.4) is 0 Å². The molecule has 1 heterocycles. The number of esters is 1. The average molecular weight is 534 g/mol. The number of carbonyl (C=O) groups is 2. The third-order valence-electron chi connectivity index (χ3n) is 8.04. The highest BCUT2D eigenvalue weighted by molar-refractivity contribution is 6.04. The molecule has 0 unspecified atom stereocenters. The number of aromatic hydroxyl groups is 1. The third-order valence-corrected chi connectivity index (χ3v) is 8.04. The van der Waals surface area contributed by atoms with Crippen LogP contribution >= 0.6 is 0 Å². The van der Waals surface area contributed by atoms with Gasteiger partial charge in [-0.3, -0.25) is 4.79 Å². The first-order valence-electron chi connectivity index (χ1n) is 13.4. The van der Waals surface area contributed by atoms with E-state index in [1.54, 1.807) is 26.4 Å². The second kappa shape index (κ2) is 11.0. The Morgan fingerprint density at radius 1 is 0.897 bits per heavy atom. The van der Waals surface area contributed by atoms with Crippen LogP contribution in [0.15, 0.2) is 58.9 Å². The predicted molar refractivity (Wildman–Crippen MR) is 145 cm³/mol. The fraction of sp³-hybridized carbons (Fsp3) is 0.419. The van der Waals surface area contributed by atoms with Gasteiger partial charge in [-0.2, -0.15) is 0 Å². The molecule has 0 radical (unpaired) electrons. The molecule has 206 valence electrons. The molecule has 2 atom stereocenters. The lowest BCUT2D eigenvalue weighted by atomic mass is 9.71. The van der Waals surface area contributed by atoms with Gasteiger partial charge in [0.2, 0.25) is 0 Å². The van der Waals surface area contributed by atoms with Gasteiger partial charge in [0.05, 0.1) is 26.9 Å². The first-order valence-corrected chi connectivity index (χ1v) is 13.4. The van der Waals surface area contributed by atoms with Crippen molar-refractivity contribution >= 4 is 11.8 Å². The van der Waals surface area contributed by atoms with Crippen LogP contribution in [-0.4, -0.2) is 44.3 Å². The zero-order valence-electron chi connectivity index (χ0n) is 22.8. The number of phenols is 1. The highest BCUT2D eigenvalue weighted by Crippen LogP contribution is 2.47. The predicted octanol–water partition coefficient (Wildman–Crippen LogP) is 5.27. The lowest BCUT2D eigenvalue weighted by molar-refractivity contribution is -0.144. The van der Waals surface area contributed by atoms with Crippen LogP contribution in [0.5, 0.6) is 23.0 Å². The Bertz CT molecular complexity index is 1350. The van der Waals surface area contributed by atoms with Crippen LogP contribution in [0.1, 0.15) is 68.4 Å². The summed E-state index contributed by atoms with van der Waals surface area (Å²) in [6.45, 7) is 1.85. The summed E-state index contributed by atoms with van der Waals surface area (Å²) in [7, 11) is 4.66. The van der Waals surface area contributed by atoms with Gasteiger partial charge >= 0.3 is 5.97 Å². The summed E-state index contributed by atoms with van der Waals surface area (Å²) in [6, 6.07) is 10.7. The van der Waals surface area contributed by atoms with Gasteiger partial charge in [0.1, 0.15) is 6.10 Å². The fourth-order valence-electron chi connectivity index (χ4n) is 6.08. The number of nitrogens with one attached hydrogen (secondary N) is 1. The molecule has 2 aromatic carbocycles. The van der Waals surface area contributed by atoms with E-state index in [0.29, 0.717) is 40.3 Å². The Morgan fingerprint density at radius 2 is 1.56 bits per heavy atom. The van der Waals surface area contributed by atoms with E-state index >= 15 is 0 Å². The van der Waals surface area contributed by atoms with Crippen molar-refractivity contribution in [3.63, 3.8) is 0 Å². The highest BCUT2D eigenvalue weighted by Gasteiger charge is 2.42. The zero-order chi connectivity index (χ0) is 27.7. The van der Waals surface area contributed by atoms with Gasteiger partial charge in [-0.15, -0.1) is 0 Å². The van der Waals surface area contributed by atoms with Crippen molar-refractivity contribution in [2.24, 2.45) is 0 Å². The third kappa shape index (κ3) is 5.07. The molecule has 8 heteroatoms. The van der Waals surface area contributed by atoms with Gasteiger partial charge in [-0.05, 0) is 80.3 Å². The number of allylic oxidation sites excluding steroid dienone is 3. The second-order valence-corrected chi connectivity index (χ2v) is 10.4. The quantitative estimate of drug-likeness (QED) is 0.465. The molecule has 3 aliphatic rings. The molecule has 2 aromatic rings. The summed E-state index contributed by atoms with van der Waals surface area (Å²) in [6.07, 6.45) is 4.54. The molecule has 8 nitrogen and oxygen atoms in total. The van der Waals surface area contributed by atoms with Crippen LogP contribution in [0.2, 0.25) is 0 Å². The molecular weight excluding hydrogens is 498 g/mol. The Labute approximate surface area is 228 Å². The van der Waals surface area contributed by atoms with Gasteiger partial charge in [-0.25, -0.2) is 4.79 Å². The minimum Gasteiger partial charge on any atom is -0.504 e. The minimum absolute atomic E-state index is 0.0105. The number of dihydropyridines is 1. The molecule has 39 heavy (non-hydrogen) atoms. The first-order chi connectivity index (χ1) is 18.8. The molecule has 1 fully saturated rings. The molecule has 0 amide bonds. The van der Waals surface area contributed by atoms with Crippen LogP contribution in [0, 0.1) is 0 Å². The van der Waals surface area contributed by atoms with Crippen molar-refractivity contribution in [1.29, 1.82) is 0 Å². The lowest BCUT2D eigenvalue weighted by Crippen LogP contribution is -2.36. The van der Waals surface area contributed by atoms with E-state index in [4.69, 9.17) is 18.9 Å². The molecule has 0 bridgehead atoms. The van der Waals surface area contributed by atoms with Crippen molar-refractivity contribution in [3.05, 3.63) is 70.1 Å². The number of Topliss-reactive ketones (excluding diaryl/α,β-unsaturated/α-hetero) is 1. The van der Waals surface area contributed by atoms with Crippen molar-refractivity contribution in [1.82, 2.24) is 5.32 Å². The number of ether oxygens (including phenoxy) is 4. The van der Waals surface area contributed by atoms with Crippen molar-refractivity contribution < 1.29 is 33.6 Å². The van der Waals surface area contributed by atoms with E-state index in [1.165, 1.54) is 13.2 Å². The van der Waals surface area contributed by atoms with E-state index in [2.05, 4.69) is 5.32 Å². The van der Waals surface area contributed by atoms with Crippen LogP contribution < -0.4 is 19.5 Å². The second-order valence-electron chi connectivity index (χ2n) is 10.4. The van der Waals surface area contributed by atoms with Crippen LogP contribution in [0.4, 0.5) is 0 Å².